The van der Waals surface area contributed by atoms with Gasteiger partial charge in [0.15, 0.2) is 0 Å². The standard InChI is InChI=1S/C13H17NO3/c1-8-7-10(15)14(13(3)5-4-6-13)9(2)11(8)12(16)17/h7H,4-6H2,1-3H3,(H,16,17). The molecule has 1 saturated carbocycles. The first-order chi connectivity index (χ1) is 7.87. The van der Waals surface area contributed by atoms with Gasteiger partial charge in [0.05, 0.1) is 5.56 Å². The lowest BCUT2D eigenvalue weighted by Crippen LogP contribution is -2.45. The molecule has 1 aliphatic carbocycles. The smallest absolute Gasteiger partial charge is 0.337 e. The van der Waals surface area contributed by atoms with Gasteiger partial charge >= 0.3 is 5.97 Å². The number of hydrogen-bond donors (Lipinski definition) is 1. The van der Waals surface area contributed by atoms with Gasteiger partial charge in [0.1, 0.15) is 0 Å². The fourth-order valence-electron chi connectivity index (χ4n) is 2.79. The number of pyridine rings is 1. The number of hydrogen-bond acceptors (Lipinski definition) is 2. The Morgan fingerprint density at radius 2 is 2.00 bits per heavy atom. The van der Waals surface area contributed by atoms with Crippen LogP contribution in [0.25, 0.3) is 0 Å². The van der Waals surface area contributed by atoms with E-state index in [0.717, 1.165) is 19.3 Å². The minimum atomic E-state index is -0.961. The maximum atomic E-state index is 12.0. The second kappa shape index (κ2) is 3.72. The second-order valence-corrected chi connectivity index (χ2v) is 5.12. The summed E-state index contributed by atoms with van der Waals surface area (Å²) in [5.74, 6) is -0.961. The van der Waals surface area contributed by atoms with E-state index < -0.39 is 5.97 Å². The van der Waals surface area contributed by atoms with Gasteiger partial charge in [0, 0.05) is 17.3 Å². The van der Waals surface area contributed by atoms with Crippen molar-refractivity contribution in [1.29, 1.82) is 0 Å². The minimum absolute atomic E-state index is 0.0906. The van der Waals surface area contributed by atoms with Crippen molar-refractivity contribution >= 4 is 5.97 Å². The molecule has 92 valence electrons. The third-order valence-corrected chi connectivity index (χ3v) is 3.84. The number of nitrogens with zero attached hydrogens (tertiary/aromatic N) is 1. The summed E-state index contributed by atoms with van der Waals surface area (Å²) >= 11 is 0. The summed E-state index contributed by atoms with van der Waals surface area (Å²) in [7, 11) is 0. The lowest BCUT2D eigenvalue weighted by Gasteiger charge is -2.41. The van der Waals surface area contributed by atoms with Gasteiger partial charge in [0.25, 0.3) is 5.56 Å². The molecule has 0 spiro atoms. The molecule has 1 heterocycles. The molecule has 1 aliphatic rings. The highest BCUT2D eigenvalue weighted by Gasteiger charge is 2.36. The van der Waals surface area contributed by atoms with E-state index in [1.807, 2.05) is 6.92 Å². The Labute approximate surface area is 99.9 Å². The summed E-state index contributed by atoms with van der Waals surface area (Å²) in [5, 5.41) is 9.20. The zero-order valence-corrected chi connectivity index (χ0v) is 10.4. The van der Waals surface area contributed by atoms with Gasteiger partial charge in [-0.25, -0.2) is 4.79 Å². The van der Waals surface area contributed by atoms with E-state index >= 15 is 0 Å². The number of aryl methyl sites for hydroxylation is 1. The van der Waals surface area contributed by atoms with Crippen LogP contribution < -0.4 is 5.56 Å². The Kier molecular flexibility index (Phi) is 2.60. The topological polar surface area (TPSA) is 59.3 Å². The van der Waals surface area contributed by atoms with Crippen LogP contribution in [-0.2, 0) is 5.54 Å². The monoisotopic (exact) mass is 235 g/mol. The summed E-state index contributed by atoms with van der Waals surface area (Å²) in [5.41, 5.74) is 1.09. The van der Waals surface area contributed by atoms with E-state index in [2.05, 4.69) is 0 Å². The first-order valence-electron chi connectivity index (χ1n) is 5.84. The van der Waals surface area contributed by atoms with E-state index in [1.165, 1.54) is 6.07 Å². The van der Waals surface area contributed by atoms with E-state index in [1.54, 1.807) is 18.4 Å². The molecular formula is C13H17NO3. The van der Waals surface area contributed by atoms with Crippen molar-refractivity contribution in [3.8, 4) is 0 Å². The molecule has 4 nitrogen and oxygen atoms in total. The van der Waals surface area contributed by atoms with Crippen molar-refractivity contribution in [2.24, 2.45) is 0 Å². The second-order valence-electron chi connectivity index (χ2n) is 5.12. The Balaban J connectivity index is 2.72. The lowest BCUT2D eigenvalue weighted by molar-refractivity contribution is 0.0691. The molecule has 0 aromatic carbocycles. The Hall–Kier alpha value is -1.58. The third-order valence-electron chi connectivity index (χ3n) is 3.84. The highest BCUT2D eigenvalue weighted by Crippen LogP contribution is 2.38. The van der Waals surface area contributed by atoms with E-state index in [9.17, 15) is 14.7 Å². The average Bonchev–Trinajstić information content (AvgIpc) is 2.13. The number of carbonyl (C=O) groups is 1. The fourth-order valence-corrected chi connectivity index (χ4v) is 2.79. The lowest BCUT2D eigenvalue weighted by atomic mass is 9.77. The normalized spacial score (nSPS) is 17.6. The fraction of sp³-hybridized carbons (Fsp3) is 0.538. The largest absolute Gasteiger partial charge is 0.478 e. The first-order valence-corrected chi connectivity index (χ1v) is 5.84. The third kappa shape index (κ3) is 1.68. The van der Waals surface area contributed by atoms with Crippen LogP contribution in [0, 0.1) is 13.8 Å². The van der Waals surface area contributed by atoms with Crippen LogP contribution in [0.3, 0.4) is 0 Å². The molecule has 1 aromatic heterocycles. The van der Waals surface area contributed by atoms with Gasteiger partial charge in [-0.05, 0) is 45.6 Å². The van der Waals surface area contributed by atoms with Crippen LogP contribution >= 0.6 is 0 Å². The van der Waals surface area contributed by atoms with Gasteiger partial charge < -0.3 is 9.67 Å². The molecule has 2 rings (SSSR count). The minimum Gasteiger partial charge on any atom is -0.478 e. The van der Waals surface area contributed by atoms with Gasteiger partial charge in [-0.1, -0.05) is 0 Å². The molecule has 0 atom stereocenters. The molecular weight excluding hydrogens is 218 g/mol. The van der Waals surface area contributed by atoms with Crippen molar-refractivity contribution in [3.63, 3.8) is 0 Å². The first kappa shape index (κ1) is 11.9. The molecule has 0 bridgehead atoms. The van der Waals surface area contributed by atoms with Crippen molar-refractivity contribution in [3.05, 3.63) is 33.2 Å². The van der Waals surface area contributed by atoms with Crippen LogP contribution in [0.2, 0.25) is 0 Å². The van der Waals surface area contributed by atoms with Crippen LogP contribution in [0.5, 0.6) is 0 Å². The molecule has 1 N–H and O–H groups in total. The highest BCUT2D eigenvalue weighted by atomic mass is 16.4. The number of aromatic carboxylic acids is 1. The molecule has 4 heteroatoms. The zero-order chi connectivity index (χ0) is 12.8. The summed E-state index contributed by atoms with van der Waals surface area (Å²) in [6, 6.07) is 1.43. The maximum absolute atomic E-state index is 12.0. The SMILES string of the molecule is Cc1cc(=O)n(C2(C)CCC2)c(C)c1C(=O)O. The van der Waals surface area contributed by atoms with E-state index in [0.29, 0.717) is 11.3 Å². The van der Waals surface area contributed by atoms with Gasteiger partial charge in [-0.2, -0.15) is 0 Å². The van der Waals surface area contributed by atoms with Crippen LogP contribution in [0.15, 0.2) is 10.9 Å². The predicted molar refractivity (Wildman–Crippen MR) is 64.6 cm³/mol. The van der Waals surface area contributed by atoms with Crippen LogP contribution in [0.1, 0.15) is 47.8 Å². The van der Waals surface area contributed by atoms with E-state index in [-0.39, 0.29) is 16.7 Å². The van der Waals surface area contributed by atoms with Crippen molar-refractivity contribution < 1.29 is 9.90 Å². The van der Waals surface area contributed by atoms with Crippen molar-refractivity contribution in [2.45, 2.75) is 45.6 Å². The van der Waals surface area contributed by atoms with Crippen molar-refractivity contribution in [2.75, 3.05) is 0 Å². The summed E-state index contributed by atoms with van der Waals surface area (Å²) in [6.07, 6.45) is 2.98. The summed E-state index contributed by atoms with van der Waals surface area (Å²) < 4.78 is 1.66. The number of rotatable bonds is 2. The molecule has 0 saturated heterocycles. The maximum Gasteiger partial charge on any atom is 0.337 e. The molecule has 0 aliphatic heterocycles. The van der Waals surface area contributed by atoms with Crippen molar-refractivity contribution in [1.82, 2.24) is 4.57 Å². The quantitative estimate of drug-likeness (QED) is 0.853. The number of carboxylic acid groups (broad SMARTS) is 1. The molecule has 1 aromatic rings. The molecule has 0 radical (unpaired) electrons. The van der Waals surface area contributed by atoms with Gasteiger partial charge in [0.2, 0.25) is 0 Å². The Morgan fingerprint density at radius 3 is 2.41 bits per heavy atom. The number of aromatic nitrogens is 1. The Bertz CT molecular complexity index is 538. The average molecular weight is 235 g/mol. The van der Waals surface area contributed by atoms with Gasteiger partial charge in [-0.15, -0.1) is 0 Å². The predicted octanol–water partition coefficient (Wildman–Crippen LogP) is 2.06. The Morgan fingerprint density at radius 1 is 1.41 bits per heavy atom. The van der Waals surface area contributed by atoms with E-state index in [4.69, 9.17) is 0 Å². The van der Waals surface area contributed by atoms with Gasteiger partial charge in [-0.3, -0.25) is 4.79 Å². The molecule has 0 amide bonds. The zero-order valence-electron chi connectivity index (χ0n) is 10.4. The summed E-state index contributed by atoms with van der Waals surface area (Å²) in [6.45, 7) is 5.42. The van der Waals surface area contributed by atoms with Crippen LogP contribution in [-0.4, -0.2) is 15.6 Å². The highest BCUT2D eigenvalue weighted by molar-refractivity contribution is 5.90. The molecule has 0 unspecified atom stereocenters. The molecule has 1 fully saturated rings. The number of carboxylic acids is 1. The molecule has 17 heavy (non-hydrogen) atoms. The van der Waals surface area contributed by atoms with Crippen LogP contribution in [0.4, 0.5) is 0 Å². The summed E-state index contributed by atoms with van der Waals surface area (Å²) in [4.78, 5) is 23.3.